The standard InChI is InChI=1S/C17H20N4O2/c1-23-14-6-2-12(3-7-14)8-9-18-17(22)15-10-16(20-11-19-15)21-13-4-5-13/h2-3,6-7,10-11,13H,4-5,8-9H2,1H3,(H,18,22)(H,19,20,21). The maximum atomic E-state index is 12.1. The molecule has 1 heterocycles. The number of amides is 1. The highest BCUT2D eigenvalue weighted by Crippen LogP contribution is 2.23. The van der Waals surface area contributed by atoms with E-state index in [2.05, 4.69) is 20.6 Å². The lowest BCUT2D eigenvalue weighted by Gasteiger charge is -2.07. The summed E-state index contributed by atoms with van der Waals surface area (Å²) < 4.78 is 5.12. The fraction of sp³-hybridized carbons (Fsp3) is 0.353. The van der Waals surface area contributed by atoms with Crippen molar-refractivity contribution in [1.82, 2.24) is 15.3 Å². The Kier molecular flexibility index (Phi) is 4.71. The lowest BCUT2D eigenvalue weighted by Crippen LogP contribution is -2.26. The molecule has 0 bridgehead atoms. The van der Waals surface area contributed by atoms with Crippen LogP contribution in [0.1, 0.15) is 28.9 Å². The molecule has 6 heteroatoms. The number of anilines is 1. The molecule has 23 heavy (non-hydrogen) atoms. The molecule has 1 fully saturated rings. The smallest absolute Gasteiger partial charge is 0.270 e. The molecule has 0 radical (unpaired) electrons. The Morgan fingerprint density at radius 1 is 1.26 bits per heavy atom. The van der Waals surface area contributed by atoms with E-state index >= 15 is 0 Å². The first-order valence-corrected chi connectivity index (χ1v) is 7.74. The lowest BCUT2D eigenvalue weighted by atomic mass is 10.1. The van der Waals surface area contributed by atoms with Gasteiger partial charge in [-0.15, -0.1) is 0 Å². The van der Waals surface area contributed by atoms with Gasteiger partial charge in [0, 0.05) is 18.7 Å². The predicted molar refractivity (Wildman–Crippen MR) is 87.7 cm³/mol. The third-order valence-electron chi connectivity index (χ3n) is 3.69. The van der Waals surface area contributed by atoms with E-state index in [9.17, 15) is 4.79 Å². The van der Waals surface area contributed by atoms with Gasteiger partial charge in [-0.2, -0.15) is 0 Å². The van der Waals surface area contributed by atoms with E-state index < -0.39 is 0 Å². The fourth-order valence-corrected chi connectivity index (χ4v) is 2.20. The quantitative estimate of drug-likeness (QED) is 0.818. The number of methoxy groups -OCH3 is 1. The summed E-state index contributed by atoms with van der Waals surface area (Å²) >= 11 is 0. The number of benzene rings is 1. The second-order valence-corrected chi connectivity index (χ2v) is 5.56. The molecule has 1 amide bonds. The van der Waals surface area contributed by atoms with Gasteiger partial charge in [0.1, 0.15) is 23.6 Å². The van der Waals surface area contributed by atoms with Crippen molar-refractivity contribution >= 4 is 11.7 Å². The molecule has 1 saturated carbocycles. The molecular formula is C17H20N4O2. The van der Waals surface area contributed by atoms with Crippen LogP contribution in [0.25, 0.3) is 0 Å². The Balaban J connectivity index is 1.50. The second kappa shape index (κ2) is 7.09. The minimum Gasteiger partial charge on any atom is -0.497 e. The summed E-state index contributed by atoms with van der Waals surface area (Å²) in [4.78, 5) is 20.3. The van der Waals surface area contributed by atoms with E-state index in [1.807, 2.05) is 24.3 Å². The average molecular weight is 312 g/mol. The molecular weight excluding hydrogens is 292 g/mol. The Morgan fingerprint density at radius 3 is 2.74 bits per heavy atom. The van der Waals surface area contributed by atoms with Crippen molar-refractivity contribution in [1.29, 1.82) is 0 Å². The molecule has 1 aliphatic rings. The van der Waals surface area contributed by atoms with Gasteiger partial charge in [0.2, 0.25) is 0 Å². The van der Waals surface area contributed by atoms with Gasteiger partial charge in [-0.3, -0.25) is 4.79 Å². The Labute approximate surface area is 135 Å². The Morgan fingerprint density at radius 2 is 2.04 bits per heavy atom. The van der Waals surface area contributed by atoms with E-state index in [0.29, 0.717) is 24.1 Å². The van der Waals surface area contributed by atoms with Crippen molar-refractivity contribution in [3.8, 4) is 5.75 Å². The molecule has 2 aromatic rings. The van der Waals surface area contributed by atoms with Crippen LogP contribution in [0.15, 0.2) is 36.7 Å². The van der Waals surface area contributed by atoms with Crippen LogP contribution in [0, 0.1) is 0 Å². The van der Waals surface area contributed by atoms with Crippen molar-refractivity contribution in [3.63, 3.8) is 0 Å². The van der Waals surface area contributed by atoms with Crippen LogP contribution in [0.4, 0.5) is 5.82 Å². The first-order chi connectivity index (χ1) is 11.2. The molecule has 3 rings (SSSR count). The van der Waals surface area contributed by atoms with Crippen LogP contribution in [0.2, 0.25) is 0 Å². The number of carbonyl (C=O) groups is 1. The third kappa shape index (κ3) is 4.42. The summed E-state index contributed by atoms with van der Waals surface area (Å²) in [6.07, 6.45) is 4.50. The maximum Gasteiger partial charge on any atom is 0.270 e. The topological polar surface area (TPSA) is 76.1 Å². The number of ether oxygens (including phenoxy) is 1. The van der Waals surface area contributed by atoms with E-state index in [0.717, 1.165) is 30.6 Å². The van der Waals surface area contributed by atoms with Gasteiger partial charge in [-0.25, -0.2) is 9.97 Å². The van der Waals surface area contributed by atoms with Crippen molar-refractivity contribution < 1.29 is 9.53 Å². The second-order valence-electron chi connectivity index (χ2n) is 5.56. The van der Waals surface area contributed by atoms with E-state index in [4.69, 9.17) is 4.74 Å². The molecule has 1 aliphatic carbocycles. The van der Waals surface area contributed by atoms with Gasteiger partial charge in [0.15, 0.2) is 0 Å². The zero-order chi connectivity index (χ0) is 16.1. The van der Waals surface area contributed by atoms with Gasteiger partial charge in [0.05, 0.1) is 7.11 Å². The SMILES string of the molecule is COc1ccc(CCNC(=O)c2cc(NC3CC3)ncn2)cc1. The summed E-state index contributed by atoms with van der Waals surface area (Å²) in [5.41, 5.74) is 1.53. The highest BCUT2D eigenvalue weighted by Gasteiger charge is 2.21. The third-order valence-corrected chi connectivity index (χ3v) is 3.69. The number of nitrogens with zero attached hydrogens (tertiary/aromatic N) is 2. The number of carbonyl (C=O) groups excluding carboxylic acids is 1. The van der Waals surface area contributed by atoms with E-state index in [1.165, 1.54) is 6.33 Å². The predicted octanol–water partition coefficient (Wildman–Crippen LogP) is 2.03. The van der Waals surface area contributed by atoms with Crippen LogP contribution < -0.4 is 15.4 Å². The number of aromatic nitrogens is 2. The fourth-order valence-electron chi connectivity index (χ4n) is 2.20. The number of rotatable bonds is 7. The van der Waals surface area contributed by atoms with E-state index in [-0.39, 0.29) is 5.91 Å². The molecule has 1 aromatic heterocycles. The van der Waals surface area contributed by atoms with Crippen LogP contribution in [-0.2, 0) is 6.42 Å². The molecule has 0 aliphatic heterocycles. The molecule has 120 valence electrons. The first kappa shape index (κ1) is 15.3. The first-order valence-electron chi connectivity index (χ1n) is 7.74. The summed E-state index contributed by atoms with van der Waals surface area (Å²) in [7, 11) is 1.64. The number of hydrogen-bond acceptors (Lipinski definition) is 5. The zero-order valence-corrected chi connectivity index (χ0v) is 13.1. The van der Waals surface area contributed by atoms with Crippen molar-refractivity contribution in [2.75, 3.05) is 19.0 Å². The average Bonchev–Trinajstić information content (AvgIpc) is 3.39. The molecule has 0 saturated heterocycles. The summed E-state index contributed by atoms with van der Waals surface area (Å²) in [6, 6.07) is 10.0. The number of nitrogens with one attached hydrogen (secondary N) is 2. The molecule has 6 nitrogen and oxygen atoms in total. The van der Waals surface area contributed by atoms with Gasteiger partial charge in [-0.1, -0.05) is 12.1 Å². The van der Waals surface area contributed by atoms with Crippen LogP contribution >= 0.6 is 0 Å². The summed E-state index contributed by atoms with van der Waals surface area (Å²) in [5, 5.41) is 6.14. The minimum atomic E-state index is -0.181. The highest BCUT2D eigenvalue weighted by molar-refractivity contribution is 5.92. The maximum absolute atomic E-state index is 12.1. The highest BCUT2D eigenvalue weighted by atomic mass is 16.5. The van der Waals surface area contributed by atoms with Crippen LogP contribution in [-0.4, -0.2) is 35.6 Å². The van der Waals surface area contributed by atoms with Crippen molar-refractivity contribution in [2.45, 2.75) is 25.3 Å². The van der Waals surface area contributed by atoms with Crippen molar-refractivity contribution in [2.24, 2.45) is 0 Å². The Hall–Kier alpha value is -2.63. The zero-order valence-electron chi connectivity index (χ0n) is 13.1. The lowest BCUT2D eigenvalue weighted by molar-refractivity contribution is 0.0949. The molecule has 0 unspecified atom stereocenters. The molecule has 0 spiro atoms. The molecule has 0 atom stereocenters. The monoisotopic (exact) mass is 312 g/mol. The van der Waals surface area contributed by atoms with Gasteiger partial charge in [-0.05, 0) is 37.0 Å². The normalized spacial score (nSPS) is 13.4. The van der Waals surface area contributed by atoms with Gasteiger partial charge in [0.25, 0.3) is 5.91 Å². The number of hydrogen-bond donors (Lipinski definition) is 2. The molecule has 2 N–H and O–H groups in total. The minimum absolute atomic E-state index is 0.181. The summed E-state index contributed by atoms with van der Waals surface area (Å²) in [5.74, 6) is 1.36. The Bertz CT molecular complexity index is 669. The van der Waals surface area contributed by atoms with Gasteiger partial charge >= 0.3 is 0 Å². The largest absolute Gasteiger partial charge is 0.497 e. The molecule has 1 aromatic carbocycles. The van der Waals surface area contributed by atoms with Gasteiger partial charge < -0.3 is 15.4 Å². The van der Waals surface area contributed by atoms with E-state index in [1.54, 1.807) is 13.2 Å². The van der Waals surface area contributed by atoms with Crippen molar-refractivity contribution in [3.05, 3.63) is 47.9 Å². The van der Waals surface area contributed by atoms with Crippen LogP contribution in [0.3, 0.4) is 0 Å². The summed E-state index contributed by atoms with van der Waals surface area (Å²) in [6.45, 7) is 0.556. The van der Waals surface area contributed by atoms with Crippen LogP contribution in [0.5, 0.6) is 5.75 Å².